The predicted octanol–water partition coefficient (Wildman–Crippen LogP) is 4.96. The summed E-state index contributed by atoms with van der Waals surface area (Å²) >= 11 is 1.05. The third kappa shape index (κ3) is 4.12. The van der Waals surface area contributed by atoms with Crippen molar-refractivity contribution in [1.82, 2.24) is 4.98 Å². The summed E-state index contributed by atoms with van der Waals surface area (Å²) in [6.45, 7) is 2.96. The number of aromatic nitrogens is 1. The molecule has 1 heterocycles. The summed E-state index contributed by atoms with van der Waals surface area (Å²) < 4.78 is 44.5. The number of esters is 1. The molecule has 0 amide bonds. The molecule has 8 heteroatoms. The fourth-order valence-corrected chi connectivity index (χ4v) is 3.41. The van der Waals surface area contributed by atoms with Gasteiger partial charge in [-0.25, -0.2) is 22.9 Å². The summed E-state index contributed by atoms with van der Waals surface area (Å²) in [4.78, 5) is 29.2. The molecule has 1 aromatic heterocycles. The molecular weight excluding hydrogens is 391 g/mol. The molecule has 3 aromatic rings. The van der Waals surface area contributed by atoms with E-state index in [9.17, 15) is 22.8 Å². The van der Waals surface area contributed by atoms with E-state index >= 15 is 0 Å². The quantitative estimate of drug-likeness (QED) is 0.445. The average Bonchev–Trinajstić information content (AvgIpc) is 3.05. The Morgan fingerprint density at radius 1 is 1.04 bits per heavy atom. The van der Waals surface area contributed by atoms with E-state index in [0.717, 1.165) is 29.5 Å². The number of rotatable bonds is 5. The molecule has 0 N–H and O–H groups in total. The fraction of sp³-hybridized carbons (Fsp3) is 0.150. The molecule has 0 aliphatic heterocycles. The van der Waals surface area contributed by atoms with Gasteiger partial charge in [0.25, 0.3) is 0 Å². The van der Waals surface area contributed by atoms with E-state index in [2.05, 4.69) is 4.98 Å². The summed E-state index contributed by atoms with van der Waals surface area (Å²) in [6, 6.07) is 8.36. The number of thiazole rings is 1. The van der Waals surface area contributed by atoms with Crippen LogP contribution in [0, 0.1) is 24.4 Å². The number of benzene rings is 2. The number of ketones is 1. The monoisotopic (exact) mass is 405 g/mol. The van der Waals surface area contributed by atoms with E-state index in [4.69, 9.17) is 4.74 Å². The standard InChI is InChI=1S/C20H14F3NO3S/c1-10-18(28-19(24-10)12-3-6-14(21)7-4-12)20(26)27-11(2)17(25)13-5-8-15(22)16(23)9-13/h3-9,11H,1-2H3. The van der Waals surface area contributed by atoms with Crippen LogP contribution in [0.4, 0.5) is 13.2 Å². The minimum Gasteiger partial charge on any atom is -0.450 e. The van der Waals surface area contributed by atoms with Crippen LogP contribution >= 0.6 is 11.3 Å². The number of aryl methyl sites for hydroxylation is 1. The van der Waals surface area contributed by atoms with Gasteiger partial charge in [0.05, 0.1) is 5.69 Å². The lowest BCUT2D eigenvalue weighted by Gasteiger charge is -2.12. The summed E-state index contributed by atoms with van der Waals surface area (Å²) in [7, 11) is 0. The van der Waals surface area contributed by atoms with Crippen molar-refractivity contribution in [1.29, 1.82) is 0 Å². The molecule has 4 nitrogen and oxygen atoms in total. The van der Waals surface area contributed by atoms with Crippen molar-refractivity contribution < 1.29 is 27.5 Å². The molecule has 0 aliphatic carbocycles. The van der Waals surface area contributed by atoms with Crippen molar-refractivity contribution in [2.24, 2.45) is 0 Å². The van der Waals surface area contributed by atoms with Crippen LogP contribution in [-0.4, -0.2) is 22.8 Å². The van der Waals surface area contributed by atoms with Crippen molar-refractivity contribution >= 4 is 23.1 Å². The largest absolute Gasteiger partial charge is 0.450 e. The molecule has 0 radical (unpaired) electrons. The highest BCUT2D eigenvalue weighted by atomic mass is 32.1. The van der Waals surface area contributed by atoms with Crippen molar-refractivity contribution in [2.45, 2.75) is 20.0 Å². The molecule has 3 rings (SSSR count). The number of carbonyl (C=O) groups excluding carboxylic acids is 2. The zero-order valence-corrected chi connectivity index (χ0v) is 15.6. The molecular formula is C20H14F3NO3S. The average molecular weight is 405 g/mol. The number of ether oxygens (including phenoxy) is 1. The highest BCUT2D eigenvalue weighted by Gasteiger charge is 2.24. The number of hydrogen-bond acceptors (Lipinski definition) is 5. The molecule has 0 aliphatic rings. The zero-order valence-electron chi connectivity index (χ0n) is 14.8. The maximum atomic E-state index is 13.3. The van der Waals surface area contributed by atoms with Gasteiger partial charge in [-0.15, -0.1) is 11.3 Å². The number of carbonyl (C=O) groups is 2. The van der Waals surface area contributed by atoms with Gasteiger partial charge in [0.15, 0.2) is 17.7 Å². The van der Waals surface area contributed by atoms with Gasteiger partial charge in [0.1, 0.15) is 15.7 Å². The van der Waals surface area contributed by atoms with Crippen LogP contribution in [0.5, 0.6) is 0 Å². The first-order valence-corrected chi connectivity index (χ1v) is 9.01. The number of halogens is 3. The topological polar surface area (TPSA) is 56.3 Å². The van der Waals surface area contributed by atoms with E-state index in [1.165, 1.54) is 31.2 Å². The van der Waals surface area contributed by atoms with Crippen LogP contribution in [0.25, 0.3) is 10.6 Å². The number of hydrogen-bond donors (Lipinski definition) is 0. The number of Topliss-reactive ketones (excluding diaryl/α,β-unsaturated/α-hetero) is 1. The van der Waals surface area contributed by atoms with Gasteiger partial charge in [0, 0.05) is 11.1 Å². The molecule has 28 heavy (non-hydrogen) atoms. The van der Waals surface area contributed by atoms with Crippen LogP contribution in [0.3, 0.4) is 0 Å². The Labute approximate surface area is 162 Å². The first kappa shape index (κ1) is 19.8. The van der Waals surface area contributed by atoms with E-state index < -0.39 is 29.5 Å². The van der Waals surface area contributed by atoms with Gasteiger partial charge in [-0.05, 0) is 56.3 Å². The maximum absolute atomic E-state index is 13.3. The minimum atomic E-state index is -1.20. The molecule has 144 valence electrons. The Hall–Kier alpha value is -3.00. The number of nitrogens with zero attached hydrogens (tertiary/aromatic N) is 1. The molecule has 1 atom stereocenters. The smallest absolute Gasteiger partial charge is 0.350 e. The lowest BCUT2D eigenvalue weighted by atomic mass is 10.1. The van der Waals surface area contributed by atoms with Crippen LogP contribution in [0.1, 0.15) is 32.6 Å². The second kappa shape index (κ2) is 7.93. The molecule has 0 spiro atoms. The summed E-state index contributed by atoms with van der Waals surface area (Å²) in [5.41, 5.74) is 0.938. The third-order valence-corrected chi connectivity index (χ3v) is 5.12. The van der Waals surface area contributed by atoms with Crippen molar-refractivity contribution in [3.63, 3.8) is 0 Å². The summed E-state index contributed by atoms with van der Waals surface area (Å²) in [5.74, 6) is -4.04. The first-order valence-electron chi connectivity index (χ1n) is 8.20. The van der Waals surface area contributed by atoms with Gasteiger partial charge in [-0.1, -0.05) is 0 Å². The van der Waals surface area contributed by atoms with Crippen molar-refractivity contribution in [3.8, 4) is 10.6 Å². The van der Waals surface area contributed by atoms with Gasteiger partial charge in [0.2, 0.25) is 5.78 Å². The second-order valence-corrected chi connectivity index (χ2v) is 6.98. The van der Waals surface area contributed by atoms with E-state index in [-0.39, 0.29) is 16.3 Å². The molecule has 0 saturated carbocycles. The highest BCUT2D eigenvalue weighted by molar-refractivity contribution is 7.17. The molecule has 1 unspecified atom stereocenters. The van der Waals surface area contributed by atoms with E-state index in [1.807, 2.05) is 0 Å². The predicted molar refractivity (Wildman–Crippen MR) is 97.8 cm³/mol. The SMILES string of the molecule is Cc1nc(-c2ccc(F)cc2)sc1C(=O)OC(C)C(=O)c1ccc(F)c(F)c1. The van der Waals surface area contributed by atoms with Gasteiger partial charge in [-0.3, -0.25) is 4.79 Å². The van der Waals surface area contributed by atoms with Crippen LogP contribution in [0.2, 0.25) is 0 Å². The lowest BCUT2D eigenvalue weighted by Crippen LogP contribution is -2.24. The van der Waals surface area contributed by atoms with Crippen molar-refractivity contribution in [2.75, 3.05) is 0 Å². The molecule has 0 saturated heterocycles. The Balaban J connectivity index is 1.76. The lowest BCUT2D eigenvalue weighted by molar-refractivity contribution is 0.0322. The van der Waals surface area contributed by atoms with E-state index in [1.54, 1.807) is 6.92 Å². The Kier molecular flexibility index (Phi) is 5.60. The van der Waals surface area contributed by atoms with Crippen LogP contribution < -0.4 is 0 Å². The Morgan fingerprint density at radius 2 is 1.71 bits per heavy atom. The first-order chi connectivity index (χ1) is 13.3. The van der Waals surface area contributed by atoms with Crippen molar-refractivity contribution in [3.05, 3.63) is 76.1 Å². The second-order valence-electron chi connectivity index (χ2n) is 5.98. The highest BCUT2D eigenvalue weighted by Crippen LogP contribution is 2.29. The third-order valence-electron chi connectivity index (χ3n) is 3.93. The normalized spacial score (nSPS) is 11.9. The minimum absolute atomic E-state index is 0.104. The van der Waals surface area contributed by atoms with Gasteiger partial charge < -0.3 is 4.74 Å². The molecule has 0 bridgehead atoms. The molecule has 0 fully saturated rings. The fourth-order valence-electron chi connectivity index (χ4n) is 2.45. The Bertz CT molecular complexity index is 1050. The summed E-state index contributed by atoms with van der Waals surface area (Å²) in [5, 5.41) is 0.504. The van der Waals surface area contributed by atoms with Crippen LogP contribution in [-0.2, 0) is 4.74 Å². The van der Waals surface area contributed by atoms with Crippen LogP contribution in [0.15, 0.2) is 42.5 Å². The summed E-state index contributed by atoms with van der Waals surface area (Å²) in [6.07, 6.45) is -1.20. The maximum Gasteiger partial charge on any atom is 0.350 e. The van der Waals surface area contributed by atoms with Gasteiger partial charge in [-0.2, -0.15) is 0 Å². The zero-order chi connectivity index (χ0) is 20.4. The van der Waals surface area contributed by atoms with E-state index in [0.29, 0.717) is 16.3 Å². The van der Waals surface area contributed by atoms with Gasteiger partial charge >= 0.3 is 5.97 Å². The Morgan fingerprint density at radius 3 is 2.36 bits per heavy atom. The molecule has 2 aromatic carbocycles.